The van der Waals surface area contributed by atoms with Crippen LogP contribution in [0.5, 0.6) is 0 Å². The van der Waals surface area contributed by atoms with Gasteiger partial charge in [-0.3, -0.25) is 4.79 Å². The third-order valence-electron chi connectivity index (χ3n) is 14.6. The van der Waals surface area contributed by atoms with Gasteiger partial charge in [-0.25, -0.2) is 0 Å². The van der Waals surface area contributed by atoms with Gasteiger partial charge in [0.2, 0.25) is 5.91 Å². The molecule has 0 radical (unpaired) electrons. The first-order valence-corrected chi connectivity index (χ1v) is 31.2. The zero-order chi connectivity index (χ0) is 49.2. The van der Waals surface area contributed by atoms with E-state index in [0.717, 1.165) is 32.1 Å². The Kier molecular flexibility index (Phi) is 58.7. The summed E-state index contributed by atoms with van der Waals surface area (Å²) in [6, 6.07) is -0.638. The third-order valence-corrected chi connectivity index (χ3v) is 14.6. The molecule has 0 saturated carbocycles. The van der Waals surface area contributed by atoms with E-state index in [0.29, 0.717) is 6.42 Å². The Morgan fingerprint density at radius 3 is 0.853 bits per heavy atom. The summed E-state index contributed by atoms with van der Waals surface area (Å²) < 4.78 is 0. The Hall–Kier alpha value is -1.39. The van der Waals surface area contributed by atoms with Crippen molar-refractivity contribution in [3.05, 3.63) is 36.5 Å². The van der Waals surface area contributed by atoms with Gasteiger partial charge in [0, 0.05) is 6.42 Å². The molecule has 3 N–H and O–H groups in total. The number of allylic oxidation sites excluding steroid dienone is 5. The van der Waals surface area contributed by atoms with Gasteiger partial charge in [0.25, 0.3) is 0 Å². The maximum Gasteiger partial charge on any atom is 0.220 e. The number of hydrogen-bond donors (Lipinski definition) is 3. The van der Waals surface area contributed by atoms with Crippen LogP contribution in [0, 0.1) is 0 Å². The summed E-state index contributed by atoms with van der Waals surface area (Å²) in [5, 5.41) is 23.1. The zero-order valence-corrected chi connectivity index (χ0v) is 46.4. The first-order valence-electron chi connectivity index (χ1n) is 31.2. The number of carbonyl (C=O) groups is 1. The minimum atomic E-state index is -0.861. The smallest absolute Gasteiger partial charge is 0.220 e. The van der Waals surface area contributed by atoms with Gasteiger partial charge in [0.15, 0.2) is 0 Å². The predicted molar refractivity (Wildman–Crippen MR) is 304 cm³/mol. The molecular weight excluding hydrogens is 831 g/mol. The SMILES string of the molecule is CCCCCCCCCCCCC/C=C/CC/C=C/C(O)C(CO)NC(=O)CCCCCCCCCCCCCCCCCCC/C=C\CCCCCCCCCCCCCCCCCCCC. The maximum absolute atomic E-state index is 12.5. The van der Waals surface area contributed by atoms with Crippen molar-refractivity contribution in [1.29, 1.82) is 0 Å². The Morgan fingerprint density at radius 2 is 0.574 bits per heavy atom. The molecule has 0 spiro atoms. The Balaban J connectivity index is 3.41. The molecule has 0 heterocycles. The fourth-order valence-electron chi connectivity index (χ4n) is 9.84. The summed E-state index contributed by atoms with van der Waals surface area (Å²) in [6.45, 7) is 4.33. The van der Waals surface area contributed by atoms with Crippen LogP contribution in [0.25, 0.3) is 0 Å². The van der Waals surface area contributed by atoms with Crippen molar-refractivity contribution >= 4 is 5.91 Å². The average Bonchev–Trinajstić information content (AvgIpc) is 3.34. The van der Waals surface area contributed by atoms with Crippen molar-refractivity contribution in [3.8, 4) is 0 Å². The summed E-state index contributed by atoms with van der Waals surface area (Å²) in [5.74, 6) is -0.0685. The second-order valence-corrected chi connectivity index (χ2v) is 21.5. The summed E-state index contributed by atoms with van der Waals surface area (Å²) in [7, 11) is 0. The van der Waals surface area contributed by atoms with Gasteiger partial charge in [-0.2, -0.15) is 0 Å². The molecule has 4 heteroatoms. The lowest BCUT2D eigenvalue weighted by Gasteiger charge is -2.19. The number of aliphatic hydroxyl groups excluding tert-OH is 2. The second-order valence-electron chi connectivity index (χ2n) is 21.5. The summed E-state index contributed by atoms with van der Waals surface area (Å²) in [5.41, 5.74) is 0. The number of rotatable bonds is 58. The van der Waals surface area contributed by atoms with Gasteiger partial charge >= 0.3 is 0 Å². The largest absolute Gasteiger partial charge is 0.394 e. The molecule has 0 aliphatic carbocycles. The van der Waals surface area contributed by atoms with E-state index in [-0.39, 0.29) is 12.5 Å². The Labute approximate surface area is 427 Å². The van der Waals surface area contributed by atoms with Crippen molar-refractivity contribution < 1.29 is 15.0 Å². The molecule has 0 aliphatic heterocycles. The Bertz CT molecular complexity index is 1040. The van der Waals surface area contributed by atoms with Crippen LogP contribution in [0.1, 0.15) is 348 Å². The van der Waals surface area contributed by atoms with E-state index in [2.05, 4.69) is 43.5 Å². The van der Waals surface area contributed by atoms with Crippen molar-refractivity contribution in [1.82, 2.24) is 5.32 Å². The van der Waals surface area contributed by atoms with E-state index >= 15 is 0 Å². The van der Waals surface area contributed by atoms with E-state index in [9.17, 15) is 15.0 Å². The number of nitrogens with one attached hydrogen (secondary N) is 1. The van der Waals surface area contributed by atoms with Crippen molar-refractivity contribution in [2.24, 2.45) is 0 Å². The molecule has 0 rings (SSSR count). The highest BCUT2D eigenvalue weighted by Gasteiger charge is 2.18. The highest BCUT2D eigenvalue weighted by Crippen LogP contribution is 2.18. The van der Waals surface area contributed by atoms with Crippen LogP contribution in [0.2, 0.25) is 0 Å². The average molecular weight is 955 g/mol. The molecule has 0 aromatic heterocycles. The van der Waals surface area contributed by atoms with Crippen molar-refractivity contribution in [2.75, 3.05) is 6.61 Å². The lowest BCUT2D eigenvalue weighted by atomic mass is 10.0. The number of carbonyl (C=O) groups excluding carboxylic acids is 1. The summed E-state index contributed by atoms with van der Waals surface area (Å²) >= 11 is 0. The van der Waals surface area contributed by atoms with Gasteiger partial charge in [-0.1, -0.05) is 320 Å². The molecule has 0 bridgehead atoms. The molecule has 0 saturated heterocycles. The molecule has 68 heavy (non-hydrogen) atoms. The summed E-state index contributed by atoms with van der Waals surface area (Å²) in [4.78, 5) is 12.5. The molecule has 2 unspecified atom stereocenters. The molecular formula is C64H123NO3. The lowest BCUT2D eigenvalue weighted by Crippen LogP contribution is -2.45. The number of amides is 1. The Morgan fingerprint density at radius 1 is 0.338 bits per heavy atom. The van der Waals surface area contributed by atoms with E-state index in [1.807, 2.05) is 6.08 Å². The van der Waals surface area contributed by atoms with Crippen LogP contribution in [0.15, 0.2) is 36.5 Å². The fraction of sp³-hybridized carbons (Fsp3) is 0.891. The number of aliphatic hydroxyl groups is 2. The fourth-order valence-corrected chi connectivity index (χ4v) is 9.84. The molecule has 2 atom stereocenters. The van der Waals surface area contributed by atoms with E-state index < -0.39 is 12.1 Å². The van der Waals surface area contributed by atoms with Gasteiger partial charge in [-0.15, -0.1) is 0 Å². The van der Waals surface area contributed by atoms with Crippen LogP contribution >= 0.6 is 0 Å². The standard InChI is InChI=1S/C64H123NO3/c1-3-5-7-9-11-13-15-17-19-21-22-23-24-25-26-27-28-29-30-31-32-33-34-35-36-37-38-39-40-41-42-44-46-48-50-52-54-56-58-60-64(68)65-62(61-66)63(67)59-57-55-53-51-49-47-45-43-20-18-16-14-12-10-8-6-4-2/h31-32,49,51,57,59,62-63,66-67H,3-30,33-48,50,52-56,58,60-61H2,1-2H3,(H,65,68)/b32-31-,51-49+,59-57+. The third kappa shape index (κ3) is 55.5. The predicted octanol–water partition coefficient (Wildman–Crippen LogP) is 20.8. The first kappa shape index (κ1) is 66.6. The van der Waals surface area contributed by atoms with Crippen LogP contribution in [-0.4, -0.2) is 34.9 Å². The zero-order valence-electron chi connectivity index (χ0n) is 46.4. The van der Waals surface area contributed by atoms with Gasteiger partial charge in [-0.05, 0) is 57.8 Å². The summed E-state index contributed by atoms with van der Waals surface area (Å²) in [6.07, 6.45) is 82.1. The van der Waals surface area contributed by atoms with Crippen LogP contribution in [0.3, 0.4) is 0 Å². The minimum Gasteiger partial charge on any atom is -0.394 e. The monoisotopic (exact) mass is 954 g/mol. The van der Waals surface area contributed by atoms with Gasteiger partial charge < -0.3 is 15.5 Å². The maximum atomic E-state index is 12.5. The van der Waals surface area contributed by atoms with E-state index in [1.165, 1.54) is 295 Å². The normalized spacial score (nSPS) is 12.9. The quantitative estimate of drug-likeness (QED) is 0.0420. The highest BCUT2D eigenvalue weighted by molar-refractivity contribution is 5.76. The molecule has 0 aromatic rings. The number of hydrogen-bond acceptors (Lipinski definition) is 3. The number of unbranched alkanes of at least 4 members (excludes halogenated alkanes) is 47. The van der Waals surface area contributed by atoms with E-state index in [1.54, 1.807) is 6.08 Å². The molecule has 0 fully saturated rings. The molecule has 4 nitrogen and oxygen atoms in total. The van der Waals surface area contributed by atoms with Crippen molar-refractivity contribution in [3.63, 3.8) is 0 Å². The second kappa shape index (κ2) is 59.9. The van der Waals surface area contributed by atoms with Crippen LogP contribution < -0.4 is 5.32 Å². The van der Waals surface area contributed by atoms with Crippen LogP contribution in [-0.2, 0) is 4.79 Å². The molecule has 1 amide bonds. The van der Waals surface area contributed by atoms with Crippen LogP contribution in [0.4, 0.5) is 0 Å². The van der Waals surface area contributed by atoms with Crippen molar-refractivity contribution in [2.45, 2.75) is 360 Å². The highest BCUT2D eigenvalue weighted by atomic mass is 16.3. The molecule has 0 aliphatic rings. The van der Waals surface area contributed by atoms with Gasteiger partial charge in [0.05, 0.1) is 18.8 Å². The minimum absolute atomic E-state index is 0.0685. The topological polar surface area (TPSA) is 69.6 Å². The van der Waals surface area contributed by atoms with E-state index in [4.69, 9.17) is 0 Å². The van der Waals surface area contributed by atoms with Gasteiger partial charge in [0.1, 0.15) is 0 Å². The first-order chi connectivity index (χ1) is 33.7. The molecule has 402 valence electrons. The lowest BCUT2D eigenvalue weighted by molar-refractivity contribution is -0.123. The molecule has 0 aromatic carbocycles.